The SMILES string of the molecule is COc1ccc2[nH]cc(CCN3C(=O)C(=O)/C(=C(\O)c4ccc(F)cc4)C3c3ccccn3)c2c1. The van der Waals surface area contributed by atoms with Crippen LogP contribution in [0.1, 0.15) is 22.9 Å². The summed E-state index contributed by atoms with van der Waals surface area (Å²) in [6, 6.07) is 15.1. The Labute approximate surface area is 200 Å². The van der Waals surface area contributed by atoms with Gasteiger partial charge < -0.3 is 19.7 Å². The molecule has 35 heavy (non-hydrogen) atoms. The first kappa shape index (κ1) is 22.3. The molecule has 5 rings (SSSR count). The van der Waals surface area contributed by atoms with Crippen LogP contribution in [0.5, 0.6) is 5.75 Å². The number of aromatic amines is 1. The number of nitrogens with one attached hydrogen (secondary N) is 1. The van der Waals surface area contributed by atoms with E-state index in [1.807, 2.05) is 24.4 Å². The van der Waals surface area contributed by atoms with Crippen molar-refractivity contribution in [1.29, 1.82) is 0 Å². The molecule has 0 aliphatic carbocycles. The molecule has 1 amide bonds. The van der Waals surface area contributed by atoms with Gasteiger partial charge in [-0.15, -0.1) is 0 Å². The summed E-state index contributed by atoms with van der Waals surface area (Å²) >= 11 is 0. The summed E-state index contributed by atoms with van der Waals surface area (Å²) in [6.45, 7) is 0.218. The van der Waals surface area contributed by atoms with Gasteiger partial charge in [0, 0.05) is 35.4 Å². The molecule has 1 aliphatic rings. The van der Waals surface area contributed by atoms with Crippen LogP contribution in [0.25, 0.3) is 16.7 Å². The van der Waals surface area contributed by atoms with Crippen LogP contribution in [0.4, 0.5) is 4.39 Å². The molecule has 2 aromatic heterocycles. The second kappa shape index (κ2) is 9.06. The third kappa shape index (κ3) is 4.03. The van der Waals surface area contributed by atoms with Crippen molar-refractivity contribution in [2.24, 2.45) is 0 Å². The van der Waals surface area contributed by atoms with Gasteiger partial charge in [0.05, 0.1) is 18.4 Å². The molecule has 1 fully saturated rings. The van der Waals surface area contributed by atoms with Crippen LogP contribution in [0.3, 0.4) is 0 Å². The van der Waals surface area contributed by atoms with Crippen LogP contribution in [0.15, 0.2) is 78.6 Å². The number of nitrogens with zero attached hydrogens (tertiary/aromatic N) is 2. The fourth-order valence-corrected chi connectivity index (χ4v) is 4.45. The number of hydrogen-bond acceptors (Lipinski definition) is 5. The molecular formula is C27H22FN3O4. The molecule has 0 radical (unpaired) electrons. The normalized spacial score (nSPS) is 17.3. The standard InChI is InChI=1S/C27H22FN3O4/c1-35-19-9-10-21-20(14-19)17(15-30-21)11-13-31-24(22-4-2-3-12-29-22)23(26(33)27(31)34)25(32)16-5-7-18(28)8-6-16/h2-10,12,14-15,24,30,32H,11,13H2,1H3/b25-23-. The Balaban J connectivity index is 1.54. The highest BCUT2D eigenvalue weighted by Crippen LogP contribution is 2.39. The number of methoxy groups -OCH3 is 1. The van der Waals surface area contributed by atoms with Crippen LogP contribution >= 0.6 is 0 Å². The predicted molar refractivity (Wildman–Crippen MR) is 128 cm³/mol. The molecule has 4 aromatic rings. The summed E-state index contributed by atoms with van der Waals surface area (Å²) in [6.07, 6.45) is 3.90. The van der Waals surface area contributed by atoms with Crippen LogP contribution in [-0.2, 0) is 16.0 Å². The van der Waals surface area contributed by atoms with Gasteiger partial charge >= 0.3 is 0 Å². The number of likely N-dealkylation sites (tertiary alicyclic amines) is 1. The molecular weight excluding hydrogens is 449 g/mol. The van der Waals surface area contributed by atoms with Crippen molar-refractivity contribution in [2.75, 3.05) is 13.7 Å². The fraction of sp³-hybridized carbons (Fsp3) is 0.148. The number of aliphatic hydroxyl groups excluding tert-OH is 1. The minimum absolute atomic E-state index is 0.0686. The Hall–Kier alpha value is -4.46. The van der Waals surface area contributed by atoms with Gasteiger partial charge in [0.25, 0.3) is 11.7 Å². The molecule has 2 N–H and O–H groups in total. The number of benzene rings is 2. The highest BCUT2D eigenvalue weighted by Gasteiger charge is 2.46. The number of ether oxygens (including phenoxy) is 1. The van der Waals surface area contributed by atoms with Crippen LogP contribution < -0.4 is 4.74 Å². The smallest absolute Gasteiger partial charge is 0.295 e. The molecule has 8 heteroatoms. The van der Waals surface area contributed by atoms with Gasteiger partial charge in [0.1, 0.15) is 23.4 Å². The number of fused-ring (bicyclic) bond motifs is 1. The van der Waals surface area contributed by atoms with E-state index in [-0.39, 0.29) is 23.4 Å². The number of halogens is 1. The number of rotatable bonds is 6. The highest BCUT2D eigenvalue weighted by molar-refractivity contribution is 6.46. The lowest BCUT2D eigenvalue weighted by Gasteiger charge is -2.24. The summed E-state index contributed by atoms with van der Waals surface area (Å²) in [5, 5.41) is 12.0. The number of aliphatic hydroxyl groups is 1. The van der Waals surface area contributed by atoms with Gasteiger partial charge in [-0.05, 0) is 66.6 Å². The van der Waals surface area contributed by atoms with Gasteiger partial charge in [0.2, 0.25) is 0 Å². The Morgan fingerprint density at radius 1 is 1.14 bits per heavy atom. The Morgan fingerprint density at radius 2 is 1.94 bits per heavy atom. The zero-order chi connectivity index (χ0) is 24.5. The van der Waals surface area contributed by atoms with E-state index >= 15 is 0 Å². The molecule has 1 atom stereocenters. The van der Waals surface area contributed by atoms with Gasteiger partial charge in [-0.25, -0.2) is 4.39 Å². The first-order chi connectivity index (χ1) is 17.0. The van der Waals surface area contributed by atoms with E-state index in [0.717, 1.165) is 16.5 Å². The largest absolute Gasteiger partial charge is 0.507 e. The monoisotopic (exact) mass is 471 g/mol. The lowest BCUT2D eigenvalue weighted by Crippen LogP contribution is -2.32. The van der Waals surface area contributed by atoms with E-state index in [4.69, 9.17) is 4.74 Å². The summed E-state index contributed by atoms with van der Waals surface area (Å²) in [4.78, 5) is 35.2. The number of ketones is 1. The number of pyridine rings is 1. The molecule has 0 spiro atoms. The molecule has 1 saturated heterocycles. The van der Waals surface area contributed by atoms with Crippen molar-refractivity contribution in [3.63, 3.8) is 0 Å². The number of amides is 1. The summed E-state index contributed by atoms with van der Waals surface area (Å²) < 4.78 is 18.7. The van der Waals surface area contributed by atoms with Crippen molar-refractivity contribution in [1.82, 2.24) is 14.9 Å². The fourth-order valence-electron chi connectivity index (χ4n) is 4.45. The van der Waals surface area contributed by atoms with Crippen molar-refractivity contribution in [3.8, 4) is 5.75 Å². The van der Waals surface area contributed by atoms with Crippen LogP contribution in [-0.4, -0.2) is 45.3 Å². The molecule has 0 saturated carbocycles. The second-order valence-corrected chi connectivity index (χ2v) is 8.23. The van der Waals surface area contributed by atoms with Gasteiger partial charge in [-0.3, -0.25) is 14.6 Å². The first-order valence-corrected chi connectivity index (χ1v) is 11.1. The molecule has 1 aliphatic heterocycles. The molecule has 1 unspecified atom stereocenters. The molecule has 2 aromatic carbocycles. The van der Waals surface area contributed by atoms with Crippen LogP contribution in [0.2, 0.25) is 0 Å². The number of Topliss-reactive ketones (excluding diaryl/α,β-unsaturated/α-hetero) is 1. The third-order valence-corrected chi connectivity index (χ3v) is 6.22. The number of hydrogen-bond donors (Lipinski definition) is 2. The topological polar surface area (TPSA) is 95.5 Å². The minimum atomic E-state index is -0.874. The van der Waals surface area contributed by atoms with Crippen molar-refractivity contribution in [2.45, 2.75) is 12.5 Å². The molecule has 0 bridgehead atoms. The van der Waals surface area contributed by atoms with E-state index in [2.05, 4.69) is 9.97 Å². The lowest BCUT2D eigenvalue weighted by molar-refractivity contribution is -0.139. The average Bonchev–Trinajstić information content (AvgIpc) is 3.40. The Morgan fingerprint density at radius 3 is 2.66 bits per heavy atom. The van der Waals surface area contributed by atoms with Gasteiger partial charge in [-0.1, -0.05) is 6.07 Å². The molecule has 176 valence electrons. The lowest BCUT2D eigenvalue weighted by atomic mass is 9.98. The number of H-pyrrole nitrogens is 1. The number of aromatic nitrogens is 2. The summed E-state index contributed by atoms with van der Waals surface area (Å²) in [5.41, 5.74) is 2.52. The highest BCUT2D eigenvalue weighted by atomic mass is 19.1. The zero-order valence-electron chi connectivity index (χ0n) is 18.9. The molecule has 3 heterocycles. The average molecular weight is 471 g/mol. The zero-order valence-corrected chi connectivity index (χ0v) is 18.9. The van der Waals surface area contributed by atoms with Gasteiger partial charge in [0.15, 0.2) is 0 Å². The number of carbonyl (C=O) groups excluding carboxylic acids is 2. The second-order valence-electron chi connectivity index (χ2n) is 8.23. The maximum absolute atomic E-state index is 13.4. The Kier molecular flexibility index (Phi) is 5.78. The maximum atomic E-state index is 13.4. The van der Waals surface area contributed by atoms with Crippen molar-refractivity contribution >= 4 is 28.4 Å². The van der Waals surface area contributed by atoms with E-state index in [1.165, 1.54) is 29.2 Å². The summed E-state index contributed by atoms with van der Waals surface area (Å²) in [5.74, 6) is -1.65. The maximum Gasteiger partial charge on any atom is 0.295 e. The third-order valence-electron chi connectivity index (χ3n) is 6.22. The number of carbonyl (C=O) groups is 2. The van der Waals surface area contributed by atoms with E-state index in [0.29, 0.717) is 17.9 Å². The van der Waals surface area contributed by atoms with Crippen molar-refractivity contribution in [3.05, 3.63) is 101 Å². The van der Waals surface area contributed by atoms with E-state index < -0.39 is 23.5 Å². The summed E-state index contributed by atoms with van der Waals surface area (Å²) in [7, 11) is 1.60. The quantitative estimate of drug-likeness (QED) is 0.247. The van der Waals surface area contributed by atoms with E-state index in [9.17, 15) is 19.1 Å². The van der Waals surface area contributed by atoms with E-state index in [1.54, 1.807) is 31.5 Å². The van der Waals surface area contributed by atoms with Crippen molar-refractivity contribution < 1.29 is 23.8 Å². The first-order valence-electron chi connectivity index (χ1n) is 11.1. The Bertz CT molecular complexity index is 1440. The molecule has 7 nitrogen and oxygen atoms in total. The predicted octanol–water partition coefficient (Wildman–Crippen LogP) is 4.38. The van der Waals surface area contributed by atoms with Crippen LogP contribution in [0, 0.1) is 5.82 Å². The minimum Gasteiger partial charge on any atom is -0.507 e. The van der Waals surface area contributed by atoms with Gasteiger partial charge in [-0.2, -0.15) is 0 Å².